The number of nitrogens with zero attached hydrogens (tertiary/aromatic N) is 4. The van der Waals surface area contributed by atoms with Crippen LogP contribution < -0.4 is 10.6 Å². The molecule has 0 aliphatic carbocycles. The highest BCUT2D eigenvalue weighted by atomic mass is 16.1. The minimum atomic E-state index is -0.268. The predicted molar refractivity (Wildman–Crippen MR) is 72.3 cm³/mol. The van der Waals surface area contributed by atoms with Crippen LogP contribution in [0, 0.1) is 13.8 Å². The summed E-state index contributed by atoms with van der Waals surface area (Å²) in [6.07, 6.45) is 0.992. The number of fused-ring (bicyclic) bond motifs is 1. The van der Waals surface area contributed by atoms with E-state index in [9.17, 15) is 4.79 Å². The molecule has 0 bridgehead atoms. The standard InChI is InChI=1S/C13H18N4O/c1-5-6-16(4)12-14-11-8-9(2)7-10(3)17(11)13(18)15-12/h7-8H,5-6H2,1-4H3. The van der Waals surface area contributed by atoms with E-state index in [1.54, 1.807) is 0 Å². The number of rotatable bonds is 3. The molecular formula is C13H18N4O. The van der Waals surface area contributed by atoms with Crippen molar-refractivity contribution < 1.29 is 0 Å². The zero-order valence-corrected chi connectivity index (χ0v) is 11.3. The summed E-state index contributed by atoms with van der Waals surface area (Å²) in [6.45, 7) is 6.80. The van der Waals surface area contributed by atoms with Gasteiger partial charge in [-0.2, -0.15) is 9.97 Å². The van der Waals surface area contributed by atoms with Gasteiger partial charge in [-0.05, 0) is 38.0 Å². The highest BCUT2D eigenvalue weighted by molar-refractivity contribution is 5.46. The van der Waals surface area contributed by atoms with Crippen LogP contribution >= 0.6 is 0 Å². The highest BCUT2D eigenvalue weighted by Gasteiger charge is 2.09. The summed E-state index contributed by atoms with van der Waals surface area (Å²) < 4.78 is 1.54. The predicted octanol–water partition coefficient (Wildman–Crippen LogP) is 1.55. The van der Waals surface area contributed by atoms with Gasteiger partial charge < -0.3 is 4.90 Å². The SMILES string of the molecule is CCCN(C)c1nc(=O)n2c(C)cc(C)cc2n1. The van der Waals surface area contributed by atoms with Crippen LogP contribution in [0.3, 0.4) is 0 Å². The van der Waals surface area contributed by atoms with E-state index in [2.05, 4.69) is 16.9 Å². The molecule has 18 heavy (non-hydrogen) atoms. The summed E-state index contributed by atoms with van der Waals surface area (Å²) in [5.74, 6) is 0.492. The zero-order chi connectivity index (χ0) is 13.3. The minimum Gasteiger partial charge on any atom is -0.344 e. The Morgan fingerprint density at radius 1 is 1.28 bits per heavy atom. The summed E-state index contributed by atoms with van der Waals surface area (Å²) in [5.41, 5.74) is 2.34. The van der Waals surface area contributed by atoms with Crippen LogP contribution in [0.5, 0.6) is 0 Å². The molecule has 2 aromatic rings. The molecule has 96 valence electrons. The fraction of sp³-hybridized carbons (Fsp3) is 0.462. The third-order valence-electron chi connectivity index (χ3n) is 2.88. The van der Waals surface area contributed by atoms with Crippen molar-refractivity contribution in [2.75, 3.05) is 18.5 Å². The molecule has 5 nitrogen and oxygen atoms in total. The monoisotopic (exact) mass is 246 g/mol. The van der Waals surface area contributed by atoms with Crippen molar-refractivity contribution in [2.45, 2.75) is 27.2 Å². The van der Waals surface area contributed by atoms with E-state index < -0.39 is 0 Å². The zero-order valence-electron chi connectivity index (χ0n) is 11.3. The maximum absolute atomic E-state index is 12.0. The molecule has 2 heterocycles. The second kappa shape index (κ2) is 4.76. The van der Waals surface area contributed by atoms with Gasteiger partial charge in [0, 0.05) is 19.3 Å². The van der Waals surface area contributed by atoms with E-state index >= 15 is 0 Å². The first-order valence-corrected chi connectivity index (χ1v) is 6.12. The third-order valence-corrected chi connectivity index (χ3v) is 2.88. The van der Waals surface area contributed by atoms with Gasteiger partial charge >= 0.3 is 5.69 Å². The number of aromatic nitrogens is 3. The molecule has 0 aliphatic heterocycles. The first-order chi connectivity index (χ1) is 8.52. The number of anilines is 1. The Morgan fingerprint density at radius 3 is 2.67 bits per heavy atom. The molecule has 0 saturated heterocycles. The van der Waals surface area contributed by atoms with Crippen LogP contribution in [-0.4, -0.2) is 28.0 Å². The Hall–Kier alpha value is -1.91. The average Bonchev–Trinajstić information content (AvgIpc) is 2.27. The van der Waals surface area contributed by atoms with Gasteiger partial charge in [-0.1, -0.05) is 6.92 Å². The van der Waals surface area contributed by atoms with E-state index in [0.717, 1.165) is 24.2 Å². The van der Waals surface area contributed by atoms with Crippen LogP contribution in [0.25, 0.3) is 5.65 Å². The Kier molecular flexibility index (Phi) is 3.32. The van der Waals surface area contributed by atoms with Gasteiger partial charge in [-0.3, -0.25) is 0 Å². The maximum atomic E-state index is 12.0. The molecule has 0 amide bonds. The maximum Gasteiger partial charge on any atom is 0.356 e. The van der Waals surface area contributed by atoms with Crippen molar-refractivity contribution in [3.8, 4) is 0 Å². The quantitative estimate of drug-likeness (QED) is 0.824. The van der Waals surface area contributed by atoms with Gasteiger partial charge in [-0.15, -0.1) is 0 Å². The fourth-order valence-corrected chi connectivity index (χ4v) is 2.08. The third kappa shape index (κ3) is 2.20. The normalized spacial score (nSPS) is 10.9. The number of hydrogen-bond acceptors (Lipinski definition) is 4. The van der Waals surface area contributed by atoms with Gasteiger partial charge in [0.05, 0.1) is 0 Å². The van der Waals surface area contributed by atoms with Crippen LogP contribution in [0.15, 0.2) is 16.9 Å². The molecule has 0 spiro atoms. The lowest BCUT2D eigenvalue weighted by Crippen LogP contribution is -2.28. The van der Waals surface area contributed by atoms with Crippen LogP contribution in [0.4, 0.5) is 5.95 Å². The lowest BCUT2D eigenvalue weighted by atomic mass is 10.2. The molecular weight excluding hydrogens is 228 g/mol. The smallest absolute Gasteiger partial charge is 0.344 e. The van der Waals surface area contributed by atoms with Gasteiger partial charge in [-0.25, -0.2) is 9.20 Å². The van der Waals surface area contributed by atoms with Crippen molar-refractivity contribution in [1.29, 1.82) is 0 Å². The molecule has 0 aliphatic rings. The Labute approximate surface area is 106 Å². The lowest BCUT2D eigenvalue weighted by molar-refractivity contribution is 0.796. The van der Waals surface area contributed by atoms with Crippen LogP contribution in [0.1, 0.15) is 24.6 Å². The largest absolute Gasteiger partial charge is 0.356 e. The van der Waals surface area contributed by atoms with Gasteiger partial charge in [0.25, 0.3) is 0 Å². The molecule has 0 radical (unpaired) electrons. The van der Waals surface area contributed by atoms with Crippen molar-refractivity contribution >= 4 is 11.6 Å². The van der Waals surface area contributed by atoms with E-state index in [4.69, 9.17) is 0 Å². The van der Waals surface area contributed by atoms with Crippen LogP contribution in [0.2, 0.25) is 0 Å². The van der Waals surface area contributed by atoms with Crippen molar-refractivity contribution in [3.05, 3.63) is 33.9 Å². The summed E-state index contributed by atoms with van der Waals surface area (Å²) in [5, 5.41) is 0. The topological polar surface area (TPSA) is 50.5 Å². The van der Waals surface area contributed by atoms with Gasteiger partial charge in [0.15, 0.2) is 0 Å². The summed E-state index contributed by atoms with van der Waals surface area (Å²) in [4.78, 5) is 22.4. The molecule has 0 atom stereocenters. The van der Waals surface area contributed by atoms with Gasteiger partial charge in [0.2, 0.25) is 5.95 Å². The van der Waals surface area contributed by atoms with Crippen molar-refractivity contribution in [3.63, 3.8) is 0 Å². The fourth-order valence-electron chi connectivity index (χ4n) is 2.08. The molecule has 2 aromatic heterocycles. The molecule has 0 unspecified atom stereocenters. The molecule has 0 aromatic carbocycles. The second-order valence-corrected chi connectivity index (χ2v) is 4.60. The molecule has 0 saturated carbocycles. The van der Waals surface area contributed by atoms with Crippen LogP contribution in [-0.2, 0) is 0 Å². The summed E-state index contributed by atoms with van der Waals surface area (Å²) >= 11 is 0. The lowest BCUT2D eigenvalue weighted by Gasteiger charge is -2.16. The minimum absolute atomic E-state index is 0.268. The van der Waals surface area contributed by atoms with Crippen molar-refractivity contribution in [1.82, 2.24) is 14.4 Å². The first kappa shape index (κ1) is 12.5. The van der Waals surface area contributed by atoms with E-state index in [-0.39, 0.29) is 5.69 Å². The Morgan fingerprint density at radius 2 is 2.00 bits per heavy atom. The van der Waals surface area contributed by atoms with E-state index in [1.807, 2.05) is 37.9 Å². The number of aryl methyl sites for hydroxylation is 2. The second-order valence-electron chi connectivity index (χ2n) is 4.60. The number of hydrogen-bond donors (Lipinski definition) is 0. The average molecular weight is 246 g/mol. The molecule has 2 rings (SSSR count). The van der Waals surface area contributed by atoms with E-state index in [1.165, 1.54) is 4.40 Å². The van der Waals surface area contributed by atoms with E-state index in [0.29, 0.717) is 11.6 Å². The molecule has 0 N–H and O–H groups in total. The summed E-state index contributed by atoms with van der Waals surface area (Å²) in [7, 11) is 1.90. The van der Waals surface area contributed by atoms with Crippen molar-refractivity contribution in [2.24, 2.45) is 0 Å². The Bertz CT molecular complexity index is 633. The van der Waals surface area contributed by atoms with Gasteiger partial charge in [0.1, 0.15) is 5.65 Å². The molecule has 0 fully saturated rings. The molecule has 5 heteroatoms. The Balaban J connectivity index is 2.65. The summed E-state index contributed by atoms with van der Waals surface area (Å²) in [6, 6.07) is 3.85. The first-order valence-electron chi connectivity index (χ1n) is 6.12. The highest BCUT2D eigenvalue weighted by Crippen LogP contribution is 2.10. The number of pyridine rings is 1.